The van der Waals surface area contributed by atoms with E-state index in [2.05, 4.69) is 15.5 Å². The smallest absolute Gasteiger partial charge is 0.247 e. The van der Waals surface area contributed by atoms with E-state index in [-0.39, 0.29) is 5.69 Å². The number of aromatic nitrogens is 2. The van der Waals surface area contributed by atoms with Gasteiger partial charge in [-0.2, -0.15) is 0 Å². The van der Waals surface area contributed by atoms with E-state index < -0.39 is 11.6 Å². The van der Waals surface area contributed by atoms with Crippen molar-refractivity contribution in [1.82, 2.24) is 10.2 Å². The Hall–Kier alpha value is -2.76. The molecule has 1 aromatic heterocycles. The average Bonchev–Trinajstić information content (AvgIpc) is 2.99. The fraction of sp³-hybridized carbons (Fsp3) is 0.125. The Kier molecular flexibility index (Phi) is 4.09. The SMILES string of the molecule is Fc1ccc(NCCc2nnc(-c3ccccc3)o2)c(F)c1. The van der Waals surface area contributed by atoms with Crippen molar-refractivity contribution in [2.24, 2.45) is 0 Å². The Bertz CT molecular complexity index is 759. The number of hydrogen-bond donors (Lipinski definition) is 1. The van der Waals surface area contributed by atoms with Crippen molar-refractivity contribution in [3.05, 3.63) is 66.1 Å². The van der Waals surface area contributed by atoms with Crippen LogP contribution in [0.5, 0.6) is 0 Å². The predicted octanol–water partition coefficient (Wildman–Crippen LogP) is 3.67. The monoisotopic (exact) mass is 301 g/mol. The van der Waals surface area contributed by atoms with Gasteiger partial charge in [-0.1, -0.05) is 18.2 Å². The van der Waals surface area contributed by atoms with Crippen LogP contribution in [-0.4, -0.2) is 16.7 Å². The van der Waals surface area contributed by atoms with Crippen LogP contribution in [0.3, 0.4) is 0 Å². The number of anilines is 1. The first-order chi connectivity index (χ1) is 10.7. The number of nitrogens with one attached hydrogen (secondary N) is 1. The average molecular weight is 301 g/mol. The van der Waals surface area contributed by atoms with Gasteiger partial charge in [-0.05, 0) is 24.3 Å². The number of benzene rings is 2. The van der Waals surface area contributed by atoms with Gasteiger partial charge in [-0.3, -0.25) is 0 Å². The molecule has 3 rings (SSSR count). The molecule has 1 N–H and O–H groups in total. The van der Waals surface area contributed by atoms with E-state index in [0.29, 0.717) is 24.7 Å². The molecule has 4 nitrogen and oxygen atoms in total. The molecule has 0 spiro atoms. The summed E-state index contributed by atoms with van der Waals surface area (Å²) in [6.45, 7) is 0.402. The number of hydrogen-bond acceptors (Lipinski definition) is 4. The van der Waals surface area contributed by atoms with E-state index in [0.717, 1.165) is 11.6 Å². The quantitative estimate of drug-likeness (QED) is 0.781. The Morgan fingerprint density at radius 2 is 1.82 bits per heavy atom. The summed E-state index contributed by atoms with van der Waals surface area (Å²) in [5.41, 5.74) is 1.09. The minimum atomic E-state index is -0.629. The van der Waals surface area contributed by atoms with Crippen molar-refractivity contribution >= 4 is 5.69 Å². The lowest BCUT2D eigenvalue weighted by Gasteiger charge is -2.05. The van der Waals surface area contributed by atoms with Crippen LogP contribution in [0.15, 0.2) is 52.9 Å². The number of rotatable bonds is 5. The maximum Gasteiger partial charge on any atom is 0.247 e. The highest BCUT2D eigenvalue weighted by atomic mass is 19.1. The molecule has 6 heteroatoms. The minimum Gasteiger partial charge on any atom is -0.421 e. The maximum absolute atomic E-state index is 13.4. The normalized spacial score (nSPS) is 10.6. The van der Waals surface area contributed by atoms with Crippen molar-refractivity contribution in [1.29, 1.82) is 0 Å². The highest BCUT2D eigenvalue weighted by Gasteiger charge is 2.08. The summed E-state index contributed by atoms with van der Waals surface area (Å²) in [4.78, 5) is 0. The van der Waals surface area contributed by atoms with E-state index >= 15 is 0 Å². The summed E-state index contributed by atoms with van der Waals surface area (Å²) < 4.78 is 31.8. The topological polar surface area (TPSA) is 51.0 Å². The molecule has 0 unspecified atom stereocenters. The van der Waals surface area contributed by atoms with Crippen LogP contribution < -0.4 is 5.32 Å². The summed E-state index contributed by atoms with van der Waals surface area (Å²) in [7, 11) is 0. The Morgan fingerprint density at radius 3 is 2.59 bits per heavy atom. The minimum absolute atomic E-state index is 0.240. The van der Waals surface area contributed by atoms with Gasteiger partial charge in [0.1, 0.15) is 11.6 Å². The van der Waals surface area contributed by atoms with Gasteiger partial charge in [0.2, 0.25) is 11.8 Å². The standard InChI is InChI=1S/C16H13F2N3O/c17-12-6-7-14(13(18)10-12)19-9-8-15-20-21-16(22-15)11-4-2-1-3-5-11/h1-7,10,19H,8-9H2. The first-order valence-corrected chi connectivity index (χ1v) is 6.79. The molecule has 0 atom stereocenters. The zero-order valence-corrected chi connectivity index (χ0v) is 11.6. The van der Waals surface area contributed by atoms with Gasteiger partial charge in [-0.15, -0.1) is 10.2 Å². The summed E-state index contributed by atoms with van der Waals surface area (Å²) in [5, 5.41) is 10.8. The van der Waals surface area contributed by atoms with Crippen LogP contribution in [-0.2, 0) is 6.42 Å². The third-order valence-electron chi connectivity index (χ3n) is 3.07. The Morgan fingerprint density at radius 1 is 1.00 bits per heavy atom. The van der Waals surface area contributed by atoms with E-state index in [1.165, 1.54) is 12.1 Å². The van der Waals surface area contributed by atoms with E-state index in [1.54, 1.807) is 0 Å². The largest absolute Gasteiger partial charge is 0.421 e. The molecule has 0 saturated heterocycles. The molecule has 112 valence electrons. The van der Waals surface area contributed by atoms with Crippen LogP contribution >= 0.6 is 0 Å². The highest BCUT2D eigenvalue weighted by Crippen LogP contribution is 2.18. The van der Waals surface area contributed by atoms with E-state index in [4.69, 9.17) is 4.42 Å². The zero-order valence-electron chi connectivity index (χ0n) is 11.6. The molecule has 0 aliphatic carbocycles. The van der Waals surface area contributed by atoms with Gasteiger partial charge in [0.15, 0.2) is 0 Å². The fourth-order valence-electron chi connectivity index (χ4n) is 1.99. The molecule has 3 aromatic rings. The lowest BCUT2D eigenvalue weighted by molar-refractivity contribution is 0.509. The van der Waals surface area contributed by atoms with Crippen molar-refractivity contribution < 1.29 is 13.2 Å². The molecule has 0 aliphatic rings. The second-order valence-electron chi connectivity index (χ2n) is 4.67. The third kappa shape index (κ3) is 3.28. The van der Waals surface area contributed by atoms with Gasteiger partial charge in [0, 0.05) is 24.6 Å². The molecule has 0 amide bonds. The third-order valence-corrected chi connectivity index (χ3v) is 3.07. The summed E-state index contributed by atoms with van der Waals surface area (Å²) >= 11 is 0. The Balaban J connectivity index is 1.59. The fourth-order valence-corrected chi connectivity index (χ4v) is 1.99. The van der Waals surface area contributed by atoms with E-state index in [9.17, 15) is 8.78 Å². The predicted molar refractivity (Wildman–Crippen MR) is 78.3 cm³/mol. The second kappa shape index (κ2) is 6.34. The zero-order chi connectivity index (χ0) is 15.4. The van der Waals surface area contributed by atoms with Gasteiger partial charge in [0.05, 0.1) is 5.69 Å². The summed E-state index contributed by atoms with van der Waals surface area (Å²) in [6.07, 6.45) is 0.441. The van der Waals surface area contributed by atoms with Crippen LogP contribution in [0.2, 0.25) is 0 Å². The van der Waals surface area contributed by atoms with Gasteiger partial charge < -0.3 is 9.73 Å². The first kappa shape index (κ1) is 14.2. The molecule has 0 fully saturated rings. The molecule has 0 saturated carbocycles. The number of nitrogens with zero attached hydrogens (tertiary/aromatic N) is 2. The lowest BCUT2D eigenvalue weighted by atomic mass is 10.2. The molecule has 1 heterocycles. The van der Waals surface area contributed by atoms with Gasteiger partial charge in [-0.25, -0.2) is 8.78 Å². The lowest BCUT2D eigenvalue weighted by Crippen LogP contribution is -2.06. The van der Waals surface area contributed by atoms with Crippen LogP contribution in [0, 0.1) is 11.6 Å². The summed E-state index contributed by atoms with van der Waals surface area (Å²) in [6, 6.07) is 12.8. The van der Waals surface area contributed by atoms with Crippen LogP contribution in [0.25, 0.3) is 11.5 Å². The maximum atomic E-state index is 13.4. The highest BCUT2D eigenvalue weighted by molar-refractivity contribution is 5.51. The molecular formula is C16H13F2N3O. The molecule has 22 heavy (non-hydrogen) atoms. The van der Waals surface area contributed by atoms with Gasteiger partial charge in [0.25, 0.3) is 0 Å². The van der Waals surface area contributed by atoms with Crippen LogP contribution in [0.1, 0.15) is 5.89 Å². The number of halogens is 2. The van der Waals surface area contributed by atoms with E-state index in [1.807, 2.05) is 30.3 Å². The van der Waals surface area contributed by atoms with Gasteiger partial charge >= 0.3 is 0 Å². The molecule has 0 aliphatic heterocycles. The molecular weight excluding hydrogens is 288 g/mol. The van der Waals surface area contributed by atoms with Crippen molar-refractivity contribution in [3.63, 3.8) is 0 Å². The summed E-state index contributed by atoms with van der Waals surface area (Å²) in [5.74, 6) is -0.333. The Labute approximate surface area is 125 Å². The van der Waals surface area contributed by atoms with Crippen LogP contribution in [0.4, 0.5) is 14.5 Å². The molecule has 0 bridgehead atoms. The molecule has 2 aromatic carbocycles. The second-order valence-corrected chi connectivity index (χ2v) is 4.67. The van der Waals surface area contributed by atoms with Crippen molar-refractivity contribution in [2.75, 3.05) is 11.9 Å². The van der Waals surface area contributed by atoms with Crippen molar-refractivity contribution in [3.8, 4) is 11.5 Å². The molecule has 0 radical (unpaired) electrons. The van der Waals surface area contributed by atoms with Crippen molar-refractivity contribution in [2.45, 2.75) is 6.42 Å². The first-order valence-electron chi connectivity index (χ1n) is 6.79.